The summed E-state index contributed by atoms with van der Waals surface area (Å²) in [4.78, 5) is 11.8. The highest BCUT2D eigenvalue weighted by Crippen LogP contribution is 2.18. The number of aryl methyl sites for hydroxylation is 1. The van der Waals surface area contributed by atoms with Crippen LogP contribution in [0.2, 0.25) is 0 Å². The van der Waals surface area contributed by atoms with Gasteiger partial charge < -0.3 is 10.6 Å². The number of hydrogen-bond acceptors (Lipinski definition) is 2. The molecule has 2 rings (SSSR count). The van der Waals surface area contributed by atoms with Gasteiger partial charge in [-0.25, -0.2) is 0 Å². The molecule has 0 aliphatic rings. The van der Waals surface area contributed by atoms with Crippen molar-refractivity contribution in [2.45, 2.75) is 20.4 Å². The molecule has 104 valence electrons. The summed E-state index contributed by atoms with van der Waals surface area (Å²) >= 11 is 0. The van der Waals surface area contributed by atoms with Gasteiger partial charge in [0.15, 0.2) is 0 Å². The quantitative estimate of drug-likeness (QED) is 0.873. The molecule has 0 radical (unpaired) electrons. The van der Waals surface area contributed by atoms with E-state index < -0.39 is 0 Å². The summed E-state index contributed by atoms with van der Waals surface area (Å²) in [5, 5.41) is 6.20. The molecule has 0 heterocycles. The summed E-state index contributed by atoms with van der Waals surface area (Å²) in [7, 11) is 0. The number of hydrogen-bond donors (Lipinski definition) is 2. The van der Waals surface area contributed by atoms with Crippen molar-refractivity contribution in [2.75, 3.05) is 11.9 Å². The zero-order valence-corrected chi connectivity index (χ0v) is 11.9. The Morgan fingerprint density at radius 1 is 1.10 bits per heavy atom. The van der Waals surface area contributed by atoms with Crippen LogP contribution in [0.1, 0.15) is 28.4 Å². The minimum Gasteiger partial charge on any atom is -0.381 e. The summed E-state index contributed by atoms with van der Waals surface area (Å²) in [5.41, 5.74) is 4.04. The fourth-order valence-corrected chi connectivity index (χ4v) is 2.01. The Balaban J connectivity index is 2.10. The van der Waals surface area contributed by atoms with E-state index in [4.69, 9.17) is 0 Å². The monoisotopic (exact) mass is 268 g/mol. The van der Waals surface area contributed by atoms with Crippen LogP contribution in [-0.2, 0) is 6.54 Å². The molecule has 0 saturated carbocycles. The predicted octanol–water partition coefficient (Wildman–Crippen LogP) is 3.36. The first-order chi connectivity index (χ1) is 9.70. The van der Waals surface area contributed by atoms with Gasteiger partial charge in [-0.2, -0.15) is 0 Å². The van der Waals surface area contributed by atoms with Gasteiger partial charge in [-0.3, -0.25) is 4.79 Å². The van der Waals surface area contributed by atoms with Gasteiger partial charge in [0, 0.05) is 24.3 Å². The van der Waals surface area contributed by atoms with Gasteiger partial charge >= 0.3 is 0 Å². The third-order valence-corrected chi connectivity index (χ3v) is 3.16. The van der Waals surface area contributed by atoms with Gasteiger partial charge in [-0.15, -0.1) is 0 Å². The van der Waals surface area contributed by atoms with Gasteiger partial charge in [0.05, 0.1) is 0 Å². The van der Waals surface area contributed by atoms with Crippen LogP contribution in [0.4, 0.5) is 5.69 Å². The molecule has 20 heavy (non-hydrogen) atoms. The number of carbonyl (C=O) groups is 1. The second-order valence-electron chi connectivity index (χ2n) is 4.73. The lowest BCUT2D eigenvalue weighted by atomic mass is 10.1. The minimum atomic E-state index is -0.0322. The summed E-state index contributed by atoms with van der Waals surface area (Å²) in [5.74, 6) is -0.0322. The van der Waals surface area contributed by atoms with Crippen molar-refractivity contribution in [2.24, 2.45) is 0 Å². The average molecular weight is 268 g/mol. The maximum atomic E-state index is 11.8. The summed E-state index contributed by atoms with van der Waals surface area (Å²) in [6.07, 6.45) is 0. The lowest BCUT2D eigenvalue weighted by Crippen LogP contribution is -2.22. The van der Waals surface area contributed by atoms with Gasteiger partial charge in [0.2, 0.25) is 0 Å². The van der Waals surface area contributed by atoms with Gasteiger partial charge in [-0.05, 0) is 37.1 Å². The molecule has 0 fully saturated rings. The molecule has 0 atom stereocenters. The van der Waals surface area contributed by atoms with Crippen LogP contribution in [0.3, 0.4) is 0 Å². The first-order valence-corrected chi connectivity index (χ1v) is 6.87. The molecule has 0 saturated heterocycles. The van der Waals surface area contributed by atoms with E-state index in [1.54, 1.807) is 0 Å². The van der Waals surface area contributed by atoms with E-state index in [0.717, 1.165) is 17.8 Å². The maximum absolute atomic E-state index is 11.8. The largest absolute Gasteiger partial charge is 0.381 e. The third-order valence-electron chi connectivity index (χ3n) is 3.16. The van der Waals surface area contributed by atoms with Gasteiger partial charge in [-0.1, -0.05) is 36.4 Å². The van der Waals surface area contributed by atoms with E-state index >= 15 is 0 Å². The molecule has 0 aliphatic carbocycles. The van der Waals surface area contributed by atoms with Crippen molar-refractivity contribution in [1.82, 2.24) is 5.32 Å². The van der Waals surface area contributed by atoms with E-state index in [1.807, 2.05) is 50.2 Å². The van der Waals surface area contributed by atoms with Crippen LogP contribution in [0.25, 0.3) is 0 Å². The Kier molecular flexibility index (Phi) is 4.77. The van der Waals surface area contributed by atoms with Gasteiger partial charge in [0.1, 0.15) is 0 Å². The fourth-order valence-electron chi connectivity index (χ4n) is 2.01. The molecular weight excluding hydrogens is 248 g/mol. The Morgan fingerprint density at radius 2 is 1.85 bits per heavy atom. The smallest absolute Gasteiger partial charge is 0.251 e. The van der Waals surface area contributed by atoms with Crippen molar-refractivity contribution in [1.29, 1.82) is 0 Å². The van der Waals surface area contributed by atoms with E-state index in [-0.39, 0.29) is 5.91 Å². The van der Waals surface area contributed by atoms with E-state index in [2.05, 4.69) is 22.8 Å². The summed E-state index contributed by atoms with van der Waals surface area (Å²) in [6.45, 7) is 5.34. The molecule has 1 amide bonds. The normalized spacial score (nSPS) is 10.1. The second-order valence-corrected chi connectivity index (χ2v) is 4.73. The van der Waals surface area contributed by atoms with Crippen molar-refractivity contribution in [3.63, 3.8) is 0 Å². The molecule has 0 aromatic heterocycles. The molecule has 0 unspecified atom stereocenters. The van der Waals surface area contributed by atoms with Crippen molar-refractivity contribution in [3.8, 4) is 0 Å². The highest BCUT2D eigenvalue weighted by Gasteiger charge is 2.06. The first kappa shape index (κ1) is 14.1. The number of anilines is 1. The maximum Gasteiger partial charge on any atom is 0.251 e. The SMILES string of the molecule is CCNC(=O)c1ccc(C)c(NCc2ccccc2)c1. The van der Waals surface area contributed by atoms with Crippen LogP contribution >= 0.6 is 0 Å². The Hall–Kier alpha value is -2.29. The van der Waals surface area contributed by atoms with Crippen LogP contribution in [0.15, 0.2) is 48.5 Å². The van der Waals surface area contributed by atoms with Crippen LogP contribution in [0, 0.1) is 6.92 Å². The number of nitrogens with one attached hydrogen (secondary N) is 2. The molecule has 2 N–H and O–H groups in total. The molecule has 0 spiro atoms. The van der Waals surface area contributed by atoms with Crippen LogP contribution < -0.4 is 10.6 Å². The number of carbonyl (C=O) groups excluding carboxylic acids is 1. The van der Waals surface area contributed by atoms with Gasteiger partial charge in [0.25, 0.3) is 5.91 Å². The zero-order valence-electron chi connectivity index (χ0n) is 11.9. The molecule has 0 aliphatic heterocycles. The van der Waals surface area contributed by atoms with Crippen molar-refractivity contribution < 1.29 is 4.79 Å². The van der Waals surface area contributed by atoms with Crippen LogP contribution in [-0.4, -0.2) is 12.5 Å². The van der Waals surface area contributed by atoms with E-state index in [0.29, 0.717) is 12.1 Å². The fraction of sp³-hybridized carbons (Fsp3) is 0.235. The third kappa shape index (κ3) is 3.60. The van der Waals surface area contributed by atoms with E-state index in [9.17, 15) is 4.79 Å². The Bertz CT molecular complexity index is 579. The predicted molar refractivity (Wildman–Crippen MR) is 83.0 cm³/mol. The average Bonchev–Trinajstić information content (AvgIpc) is 2.47. The second kappa shape index (κ2) is 6.75. The minimum absolute atomic E-state index is 0.0322. The van der Waals surface area contributed by atoms with Crippen molar-refractivity contribution >= 4 is 11.6 Å². The topological polar surface area (TPSA) is 41.1 Å². The molecular formula is C17H20N2O. The summed E-state index contributed by atoms with van der Waals surface area (Å²) in [6, 6.07) is 15.9. The first-order valence-electron chi connectivity index (χ1n) is 6.87. The Morgan fingerprint density at radius 3 is 2.55 bits per heavy atom. The Labute approximate surface area is 120 Å². The van der Waals surface area contributed by atoms with Crippen LogP contribution in [0.5, 0.6) is 0 Å². The van der Waals surface area contributed by atoms with E-state index in [1.165, 1.54) is 5.56 Å². The highest BCUT2D eigenvalue weighted by atomic mass is 16.1. The molecule has 3 nitrogen and oxygen atoms in total. The zero-order chi connectivity index (χ0) is 14.4. The lowest BCUT2D eigenvalue weighted by Gasteiger charge is -2.11. The number of rotatable bonds is 5. The standard InChI is InChI=1S/C17H20N2O/c1-3-18-17(20)15-10-9-13(2)16(11-15)19-12-14-7-5-4-6-8-14/h4-11,19H,3,12H2,1-2H3,(H,18,20). The lowest BCUT2D eigenvalue weighted by molar-refractivity contribution is 0.0956. The van der Waals surface area contributed by atoms with Crippen molar-refractivity contribution in [3.05, 3.63) is 65.2 Å². The molecule has 2 aromatic rings. The highest BCUT2D eigenvalue weighted by molar-refractivity contribution is 5.95. The number of benzene rings is 2. The molecule has 3 heteroatoms. The molecule has 2 aromatic carbocycles. The molecule has 0 bridgehead atoms. The summed E-state index contributed by atoms with van der Waals surface area (Å²) < 4.78 is 0. The number of amides is 1.